The molecule has 0 spiro atoms. The van der Waals surface area contributed by atoms with Crippen molar-refractivity contribution in [3.63, 3.8) is 0 Å². The second kappa shape index (κ2) is 8.49. The highest BCUT2D eigenvalue weighted by atomic mass is 32.2. The lowest BCUT2D eigenvalue weighted by Crippen LogP contribution is -2.45. The molecule has 136 valence electrons. The van der Waals surface area contributed by atoms with E-state index in [9.17, 15) is 10.1 Å². The van der Waals surface area contributed by atoms with Crippen molar-refractivity contribution in [1.82, 2.24) is 19.8 Å². The maximum atomic E-state index is 12.2. The smallest absolute Gasteiger partial charge is 0.270 e. The average Bonchev–Trinajstić information content (AvgIpc) is 2.68. The molecular weight excluding hydrogens is 346 g/mol. The van der Waals surface area contributed by atoms with Gasteiger partial charge in [-0.15, -0.1) is 0 Å². The Bertz CT molecular complexity index is 865. The van der Waals surface area contributed by atoms with Crippen LogP contribution in [-0.4, -0.2) is 58.7 Å². The lowest BCUT2D eigenvalue weighted by atomic mass is 10.0. The van der Waals surface area contributed by atoms with Gasteiger partial charge >= 0.3 is 0 Å². The Hall–Kier alpha value is -2.14. The summed E-state index contributed by atoms with van der Waals surface area (Å²) in [6, 6.07) is 9.95. The van der Waals surface area contributed by atoms with Gasteiger partial charge in [-0.2, -0.15) is 5.26 Å². The van der Waals surface area contributed by atoms with Crippen LogP contribution in [0.5, 0.6) is 0 Å². The zero-order valence-corrected chi connectivity index (χ0v) is 16.0. The Balaban J connectivity index is 1.95. The number of nitrogens with zero attached hydrogens (tertiary/aromatic N) is 4. The van der Waals surface area contributed by atoms with E-state index in [-0.39, 0.29) is 11.1 Å². The van der Waals surface area contributed by atoms with E-state index >= 15 is 0 Å². The van der Waals surface area contributed by atoms with Crippen LogP contribution in [0.4, 0.5) is 0 Å². The molecule has 0 aliphatic carbocycles. The molecule has 26 heavy (non-hydrogen) atoms. The van der Waals surface area contributed by atoms with Crippen molar-refractivity contribution in [2.24, 2.45) is 0 Å². The zero-order valence-electron chi connectivity index (χ0n) is 15.2. The number of H-pyrrole nitrogens is 1. The predicted molar refractivity (Wildman–Crippen MR) is 104 cm³/mol. The van der Waals surface area contributed by atoms with Crippen LogP contribution >= 0.6 is 11.8 Å². The predicted octanol–water partition coefficient (Wildman–Crippen LogP) is 2.17. The third-order valence-corrected chi connectivity index (χ3v) is 5.36. The van der Waals surface area contributed by atoms with Crippen molar-refractivity contribution in [1.29, 1.82) is 5.26 Å². The second-order valence-corrected chi connectivity index (χ2v) is 7.07. The number of aromatic nitrogens is 2. The molecule has 6 nitrogen and oxygen atoms in total. The van der Waals surface area contributed by atoms with Crippen molar-refractivity contribution >= 4 is 11.8 Å². The van der Waals surface area contributed by atoms with Gasteiger partial charge in [0.15, 0.2) is 5.16 Å². The molecule has 1 aromatic heterocycles. The summed E-state index contributed by atoms with van der Waals surface area (Å²) in [6.45, 7) is 8.25. The number of nitriles is 1. The minimum atomic E-state index is -0.381. The number of nitrogens with one attached hydrogen (secondary N) is 1. The molecule has 0 saturated carbocycles. The maximum absolute atomic E-state index is 12.2. The fourth-order valence-corrected chi connectivity index (χ4v) is 3.62. The molecular formula is C19H23N5OS. The van der Waals surface area contributed by atoms with E-state index < -0.39 is 0 Å². The quantitative estimate of drug-likeness (QED) is 0.643. The van der Waals surface area contributed by atoms with Crippen molar-refractivity contribution in [2.75, 3.05) is 39.0 Å². The molecule has 1 aliphatic rings. The summed E-state index contributed by atoms with van der Waals surface area (Å²) in [5.41, 5.74) is 2.13. The van der Waals surface area contributed by atoms with Crippen LogP contribution < -0.4 is 5.56 Å². The largest absolute Gasteiger partial charge is 0.301 e. The third kappa shape index (κ3) is 3.98. The van der Waals surface area contributed by atoms with Crippen LogP contribution in [0.15, 0.2) is 34.2 Å². The minimum absolute atomic E-state index is 0.0750. The Morgan fingerprint density at radius 2 is 1.92 bits per heavy atom. The Labute approximate surface area is 157 Å². The first-order valence-corrected chi connectivity index (χ1v) is 10.00. The molecule has 2 aromatic rings. The maximum Gasteiger partial charge on any atom is 0.270 e. The standard InChI is InChI=1S/C19H23N5OS/c1-3-23-8-10-24(11-9-23)13-14-6-4-5-7-15(14)17-16(12-20)18(25)22-19(21-17)26-2/h4-7H,3,8-11,13H2,1-2H3,(H,21,22,25). The summed E-state index contributed by atoms with van der Waals surface area (Å²) >= 11 is 1.36. The summed E-state index contributed by atoms with van der Waals surface area (Å²) in [5, 5.41) is 9.98. The molecule has 1 N–H and O–H groups in total. The van der Waals surface area contributed by atoms with Gasteiger partial charge < -0.3 is 9.88 Å². The molecule has 1 saturated heterocycles. The number of thioether (sulfide) groups is 1. The van der Waals surface area contributed by atoms with Crippen LogP contribution in [0, 0.1) is 11.3 Å². The Morgan fingerprint density at radius 3 is 2.58 bits per heavy atom. The van der Waals surface area contributed by atoms with Gasteiger partial charge in [-0.1, -0.05) is 43.0 Å². The first-order valence-electron chi connectivity index (χ1n) is 8.77. The first-order chi connectivity index (χ1) is 12.7. The van der Waals surface area contributed by atoms with E-state index in [1.54, 1.807) is 0 Å². The number of benzene rings is 1. The van der Waals surface area contributed by atoms with E-state index in [4.69, 9.17) is 0 Å². The lowest BCUT2D eigenvalue weighted by molar-refractivity contribution is 0.132. The molecule has 0 atom stereocenters. The number of likely N-dealkylation sites (N-methyl/N-ethyl adjacent to an activating group) is 1. The van der Waals surface area contributed by atoms with Gasteiger partial charge in [-0.05, 0) is 18.4 Å². The minimum Gasteiger partial charge on any atom is -0.301 e. The number of piperazine rings is 1. The fraction of sp³-hybridized carbons (Fsp3) is 0.421. The van der Waals surface area contributed by atoms with E-state index in [1.807, 2.05) is 30.5 Å². The number of aromatic amines is 1. The van der Waals surface area contributed by atoms with E-state index in [0.29, 0.717) is 10.9 Å². The van der Waals surface area contributed by atoms with Crippen molar-refractivity contribution in [3.05, 3.63) is 45.7 Å². The van der Waals surface area contributed by atoms with Gasteiger partial charge in [-0.3, -0.25) is 9.69 Å². The molecule has 0 bridgehead atoms. The highest BCUT2D eigenvalue weighted by molar-refractivity contribution is 7.98. The fourth-order valence-electron chi connectivity index (χ4n) is 3.24. The second-order valence-electron chi connectivity index (χ2n) is 6.28. The first kappa shape index (κ1) is 18.6. The Morgan fingerprint density at radius 1 is 1.23 bits per heavy atom. The van der Waals surface area contributed by atoms with E-state index in [2.05, 4.69) is 32.8 Å². The molecule has 0 amide bonds. The topological polar surface area (TPSA) is 76.0 Å². The molecule has 0 unspecified atom stereocenters. The van der Waals surface area contributed by atoms with Crippen molar-refractivity contribution < 1.29 is 0 Å². The molecule has 1 aromatic carbocycles. The zero-order chi connectivity index (χ0) is 18.5. The SMILES string of the molecule is CCN1CCN(Cc2ccccc2-c2nc(SC)[nH]c(=O)c2C#N)CC1. The number of hydrogen-bond acceptors (Lipinski definition) is 6. The summed E-state index contributed by atoms with van der Waals surface area (Å²) < 4.78 is 0. The molecule has 7 heteroatoms. The van der Waals surface area contributed by atoms with Crippen LogP contribution in [0.1, 0.15) is 18.1 Å². The normalized spacial score (nSPS) is 15.7. The van der Waals surface area contributed by atoms with Crippen LogP contribution in [0.3, 0.4) is 0 Å². The van der Waals surface area contributed by atoms with E-state index in [1.165, 1.54) is 11.8 Å². The summed E-state index contributed by atoms with van der Waals surface area (Å²) in [7, 11) is 0. The third-order valence-electron chi connectivity index (χ3n) is 4.78. The van der Waals surface area contributed by atoms with Gasteiger partial charge in [0.05, 0.1) is 5.69 Å². The van der Waals surface area contributed by atoms with Crippen LogP contribution in [-0.2, 0) is 6.54 Å². The van der Waals surface area contributed by atoms with E-state index in [0.717, 1.165) is 50.4 Å². The molecule has 3 rings (SSSR count). The van der Waals surface area contributed by atoms with Gasteiger partial charge in [0.25, 0.3) is 5.56 Å². The van der Waals surface area contributed by atoms with Crippen molar-refractivity contribution in [3.8, 4) is 17.3 Å². The van der Waals surface area contributed by atoms with Crippen LogP contribution in [0.2, 0.25) is 0 Å². The monoisotopic (exact) mass is 369 g/mol. The Kier molecular flexibility index (Phi) is 6.09. The highest BCUT2D eigenvalue weighted by Crippen LogP contribution is 2.26. The summed E-state index contributed by atoms with van der Waals surface area (Å²) in [6.07, 6.45) is 1.85. The molecule has 1 aliphatic heterocycles. The average molecular weight is 369 g/mol. The van der Waals surface area contributed by atoms with Crippen LogP contribution in [0.25, 0.3) is 11.3 Å². The lowest BCUT2D eigenvalue weighted by Gasteiger charge is -2.34. The number of rotatable bonds is 5. The van der Waals surface area contributed by atoms with Crippen molar-refractivity contribution in [2.45, 2.75) is 18.6 Å². The number of hydrogen-bond donors (Lipinski definition) is 1. The highest BCUT2D eigenvalue weighted by Gasteiger charge is 2.19. The molecule has 1 fully saturated rings. The summed E-state index contributed by atoms with van der Waals surface area (Å²) in [5.74, 6) is 0. The molecule has 2 heterocycles. The summed E-state index contributed by atoms with van der Waals surface area (Å²) in [4.78, 5) is 24.3. The molecule has 0 radical (unpaired) electrons. The van der Waals surface area contributed by atoms with Gasteiger partial charge in [0.1, 0.15) is 11.6 Å². The van der Waals surface area contributed by atoms with Gasteiger partial charge in [-0.25, -0.2) is 4.98 Å². The van der Waals surface area contributed by atoms with Gasteiger partial charge in [0.2, 0.25) is 0 Å². The van der Waals surface area contributed by atoms with Gasteiger partial charge in [0, 0.05) is 38.3 Å².